The number of hydrogen-bond acceptors (Lipinski definition) is 4. The number of nitrogens with zero attached hydrogens (tertiary/aromatic N) is 1. The lowest BCUT2D eigenvalue weighted by Gasteiger charge is -2.06. The molecule has 0 unspecified atom stereocenters. The van der Waals surface area contributed by atoms with Gasteiger partial charge in [0.05, 0.1) is 11.9 Å². The van der Waals surface area contributed by atoms with Gasteiger partial charge in [-0.25, -0.2) is 8.42 Å². The Balaban J connectivity index is 2.09. The molecule has 0 spiro atoms. The van der Waals surface area contributed by atoms with Crippen molar-refractivity contribution in [2.24, 2.45) is 0 Å². The summed E-state index contributed by atoms with van der Waals surface area (Å²) in [5.41, 5.74) is 2.20. The van der Waals surface area contributed by atoms with E-state index in [0.29, 0.717) is 12.2 Å². The fraction of sp³-hybridized carbons (Fsp3) is 0.357. The van der Waals surface area contributed by atoms with Crippen molar-refractivity contribution in [1.29, 1.82) is 0 Å². The highest BCUT2D eigenvalue weighted by Crippen LogP contribution is 2.16. The molecule has 0 radical (unpaired) electrons. The first kappa shape index (κ1) is 15.5. The average molecular weight is 308 g/mol. The van der Waals surface area contributed by atoms with Crippen LogP contribution >= 0.6 is 0 Å². The Morgan fingerprint density at radius 3 is 2.81 bits per heavy atom. The summed E-state index contributed by atoms with van der Waals surface area (Å²) in [6.45, 7) is 5.46. The maximum atomic E-state index is 12.3. The number of hydrogen-bond donors (Lipinski definition) is 3. The van der Waals surface area contributed by atoms with Gasteiger partial charge in [0.25, 0.3) is 10.0 Å². The van der Waals surface area contributed by atoms with Gasteiger partial charge in [-0.3, -0.25) is 9.71 Å². The number of rotatable bonds is 7. The van der Waals surface area contributed by atoms with Gasteiger partial charge < -0.3 is 10.3 Å². The maximum Gasteiger partial charge on any atom is 0.263 e. The molecule has 0 aliphatic carbocycles. The van der Waals surface area contributed by atoms with E-state index in [1.165, 1.54) is 12.4 Å². The molecule has 0 saturated heterocycles. The number of pyridine rings is 1. The minimum absolute atomic E-state index is 0.220. The molecule has 21 heavy (non-hydrogen) atoms. The topological polar surface area (TPSA) is 86.9 Å². The van der Waals surface area contributed by atoms with Gasteiger partial charge in [0.15, 0.2) is 0 Å². The fourth-order valence-electron chi connectivity index (χ4n) is 1.90. The van der Waals surface area contributed by atoms with Crippen LogP contribution < -0.4 is 10.0 Å². The molecule has 0 aliphatic rings. The number of anilines is 1. The van der Waals surface area contributed by atoms with Crippen molar-refractivity contribution in [2.45, 2.75) is 31.7 Å². The van der Waals surface area contributed by atoms with Crippen molar-refractivity contribution in [3.05, 3.63) is 42.0 Å². The highest BCUT2D eigenvalue weighted by atomic mass is 32.2. The Hall–Kier alpha value is -1.86. The predicted octanol–water partition coefficient (Wildman–Crippen LogP) is 2.02. The number of nitrogens with one attached hydrogen (secondary N) is 3. The Labute approximate surface area is 125 Å². The second kappa shape index (κ2) is 6.73. The minimum atomic E-state index is -3.59. The van der Waals surface area contributed by atoms with Crippen LogP contribution in [0.3, 0.4) is 0 Å². The van der Waals surface area contributed by atoms with Crippen molar-refractivity contribution >= 4 is 15.7 Å². The van der Waals surface area contributed by atoms with Crippen LogP contribution in [0.1, 0.15) is 24.6 Å². The molecule has 2 aromatic rings. The highest BCUT2D eigenvalue weighted by molar-refractivity contribution is 7.92. The van der Waals surface area contributed by atoms with E-state index in [2.05, 4.69) is 26.9 Å². The van der Waals surface area contributed by atoms with Gasteiger partial charge in [-0.05, 0) is 37.6 Å². The first-order valence-corrected chi connectivity index (χ1v) is 8.32. The van der Waals surface area contributed by atoms with E-state index in [1.807, 2.05) is 6.92 Å². The zero-order chi connectivity index (χ0) is 15.3. The number of aromatic nitrogens is 2. The quantitative estimate of drug-likeness (QED) is 0.683. The zero-order valence-corrected chi connectivity index (χ0v) is 13.0. The monoisotopic (exact) mass is 308 g/mol. The second-order valence-electron chi connectivity index (χ2n) is 4.89. The van der Waals surface area contributed by atoms with Crippen LogP contribution in [0.2, 0.25) is 0 Å². The van der Waals surface area contributed by atoms with Gasteiger partial charge in [0, 0.05) is 24.6 Å². The van der Waals surface area contributed by atoms with Gasteiger partial charge in [-0.1, -0.05) is 6.92 Å². The van der Waals surface area contributed by atoms with E-state index in [0.717, 1.165) is 24.2 Å². The summed E-state index contributed by atoms with van der Waals surface area (Å²) in [7, 11) is -3.59. The van der Waals surface area contributed by atoms with Crippen molar-refractivity contribution in [3.8, 4) is 0 Å². The standard InChI is InChI=1S/C14H20N4O2S/c1-3-4-15-8-12-6-14(10-17-12)21(19,20)18-13-5-11(2)7-16-9-13/h5-7,9-10,15,17-18H,3-4,8H2,1-2H3. The summed E-state index contributed by atoms with van der Waals surface area (Å²) in [5, 5.41) is 3.22. The van der Waals surface area contributed by atoms with E-state index in [-0.39, 0.29) is 4.90 Å². The molecule has 0 amide bonds. The van der Waals surface area contributed by atoms with Gasteiger partial charge in [0.1, 0.15) is 4.90 Å². The summed E-state index contributed by atoms with van der Waals surface area (Å²) >= 11 is 0. The summed E-state index contributed by atoms with van der Waals surface area (Å²) in [6, 6.07) is 3.37. The SMILES string of the molecule is CCCNCc1cc(S(=O)(=O)Nc2cncc(C)c2)c[nH]1. The molecular formula is C14H20N4O2S. The largest absolute Gasteiger partial charge is 0.363 e. The highest BCUT2D eigenvalue weighted by Gasteiger charge is 2.16. The Morgan fingerprint density at radius 2 is 2.10 bits per heavy atom. The number of H-pyrrole nitrogens is 1. The number of aromatic amines is 1. The van der Waals surface area contributed by atoms with E-state index in [1.54, 1.807) is 18.3 Å². The third kappa shape index (κ3) is 4.30. The van der Waals surface area contributed by atoms with Crippen LogP contribution in [0, 0.1) is 6.92 Å². The van der Waals surface area contributed by atoms with Crippen LogP contribution in [0.5, 0.6) is 0 Å². The molecule has 0 aromatic carbocycles. The second-order valence-corrected chi connectivity index (χ2v) is 6.58. The number of sulfonamides is 1. The van der Waals surface area contributed by atoms with E-state index in [9.17, 15) is 8.42 Å². The number of aryl methyl sites for hydroxylation is 1. The Kier molecular flexibility index (Phi) is 4.98. The lowest BCUT2D eigenvalue weighted by atomic mass is 10.3. The third-order valence-electron chi connectivity index (χ3n) is 2.90. The molecule has 2 rings (SSSR count). The third-order valence-corrected chi connectivity index (χ3v) is 4.26. The average Bonchev–Trinajstić information content (AvgIpc) is 2.88. The van der Waals surface area contributed by atoms with Gasteiger partial charge in [-0.2, -0.15) is 0 Å². The molecule has 0 atom stereocenters. The molecule has 3 N–H and O–H groups in total. The lowest BCUT2D eigenvalue weighted by Crippen LogP contribution is -2.14. The first-order chi connectivity index (χ1) is 10.0. The lowest BCUT2D eigenvalue weighted by molar-refractivity contribution is 0.601. The van der Waals surface area contributed by atoms with Crippen LogP contribution in [-0.4, -0.2) is 24.9 Å². The zero-order valence-electron chi connectivity index (χ0n) is 12.2. The Bertz CT molecular complexity index is 695. The normalized spacial score (nSPS) is 11.5. The smallest absolute Gasteiger partial charge is 0.263 e. The van der Waals surface area contributed by atoms with Gasteiger partial charge in [-0.15, -0.1) is 0 Å². The van der Waals surface area contributed by atoms with Crippen LogP contribution in [0.4, 0.5) is 5.69 Å². The molecule has 2 aromatic heterocycles. The maximum absolute atomic E-state index is 12.3. The molecule has 114 valence electrons. The van der Waals surface area contributed by atoms with Crippen molar-refractivity contribution in [2.75, 3.05) is 11.3 Å². The molecule has 6 nitrogen and oxygen atoms in total. The Morgan fingerprint density at radius 1 is 1.29 bits per heavy atom. The van der Waals surface area contributed by atoms with E-state index >= 15 is 0 Å². The minimum Gasteiger partial charge on any atom is -0.363 e. The van der Waals surface area contributed by atoms with Crippen LogP contribution in [0.15, 0.2) is 35.6 Å². The summed E-state index contributed by atoms with van der Waals surface area (Å²) < 4.78 is 27.1. The predicted molar refractivity (Wildman–Crippen MR) is 82.6 cm³/mol. The van der Waals surface area contributed by atoms with Gasteiger partial charge in [0.2, 0.25) is 0 Å². The van der Waals surface area contributed by atoms with Crippen molar-refractivity contribution < 1.29 is 8.42 Å². The molecule has 0 saturated carbocycles. The summed E-state index contributed by atoms with van der Waals surface area (Å²) in [4.78, 5) is 7.16. The van der Waals surface area contributed by atoms with Gasteiger partial charge >= 0.3 is 0 Å². The summed E-state index contributed by atoms with van der Waals surface area (Å²) in [5.74, 6) is 0. The van der Waals surface area contributed by atoms with Crippen molar-refractivity contribution in [1.82, 2.24) is 15.3 Å². The van der Waals surface area contributed by atoms with Crippen LogP contribution in [0.25, 0.3) is 0 Å². The van der Waals surface area contributed by atoms with E-state index < -0.39 is 10.0 Å². The molecule has 2 heterocycles. The first-order valence-electron chi connectivity index (χ1n) is 6.84. The molecule has 7 heteroatoms. The van der Waals surface area contributed by atoms with E-state index in [4.69, 9.17) is 0 Å². The summed E-state index contributed by atoms with van der Waals surface area (Å²) in [6.07, 6.45) is 5.69. The molecule has 0 fully saturated rings. The molecule has 0 aliphatic heterocycles. The van der Waals surface area contributed by atoms with Crippen molar-refractivity contribution in [3.63, 3.8) is 0 Å². The molecule has 0 bridgehead atoms. The van der Waals surface area contributed by atoms with Crippen LogP contribution in [-0.2, 0) is 16.6 Å². The molecular weight excluding hydrogens is 288 g/mol. The fourth-order valence-corrected chi connectivity index (χ4v) is 2.95.